The first kappa shape index (κ1) is 13.8. The van der Waals surface area contributed by atoms with Gasteiger partial charge in [-0.2, -0.15) is 4.39 Å². The molecule has 2 rings (SSSR count). The average Bonchev–Trinajstić information content (AvgIpc) is 2.55. The third kappa shape index (κ3) is 2.29. The zero-order valence-corrected chi connectivity index (χ0v) is 10.2. The first-order valence-electron chi connectivity index (χ1n) is 5.51. The number of hydrogen-bond donors (Lipinski definition) is 1. The van der Waals surface area contributed by atoms with Gasteiger partial charge in [0, 0.05) is 19.2 Å². The number of rotatable bonds is 3. The van der Waals surface area contributed by atoms with Crippen LogP contribution in [0.15, 0.2) is 12.1 Å². The molecule has 0 bridgehead atoms. The number of hydrogen-bond acceptors (Lipinski definition) is 5. The summed E-state index contributed by atoms with van der Waals surface area (Å²) in [6.45, 7) is 0. The molecular weight excluding hydrogens is 276 g/mol. The van der Waals surface area contributed by atoms with Crippen molar-refractivity contribution < 1.29 is 23.3 Å². The molecule has 0 spiro atoms. The topological polar surface area (TPSA) is 92.6 Å². The van der Waals surface area contributed by atoms with Crippen molar-refractivity contribution in [3.63, 3.8) is 0 Å². The van der Waals surface area contributed by atoms with Gasteiger partial charge in [0.1, 0.15) is 17.5 Å². The number of carbonyl (C=O) groups excluding carboxylic acids is 2. The molecule has 0 radical (unpaired) electrons. The minimum Gasteiger partial charge on any atom is -0.367 e. The number of likely N-dealkylation sites (N-methyl/N-ethyl adjacent to an activating group) is 1. The fourth-order valence-corrected chi connectivity index (χ4v) is 1.92. The summed E-state index contributed by atoms with van der Waals surface area (Å²) in [5.41, 5.74) is -1.45. The molecule has 1 unspecified atom stereocenters. The van der Waals surface area contributed by atoms with E-state index in [1.165, 1.54) is 7.05 Å². The van der Waals surface area contributed by atoms with Crippen molar-refractivity contribution in [2.24, 2.45) is 0 Å². The van der Waals surface area contributed by atoms with Gasteiger partial charge < -0.3 is 5.32 Å². The maximum Gasteiger partial charge on any atom is 0.327 e. The van der Waals surface area contributed by atoms with Gasteiger partial charge in [0.15, 0.2) is 0 Å². The Morgan fingerprint density at radius 2 is 2.05 bits per heavy atom. The molecule has 1 aliphatic heterocycles. The SMILES string of the molecule is CN1C(=O)CC(Nc2cc(F)cc(F)c2[N+](=O)[O-])C1=O. The second-order valence-corrected chi connectivity index (χ2v) is 4.23. The van der Waals surface area contributed by atoms with Crippen LogP contribution in [0.2, 0.25) is 0 Å². The van der Waals surface area contributed by atoms with Gasteiger partial charge >= 0.3 is 5.69 Å². The lowest BCUT2D eigenvalue weighted by atomic mass is 10.2. The highest BCUT2D eigenvalue weighted by Crippen LogP contribution is 2.30. The molecule has 1 fully saturated rings. The second kappa shape index (κ2) is 4.83. The Kier molecular flexibility index (Phi) is 3.35. The summed E-state index contributed by atoms with van der Waals surface area (Å²) in [6.07, 6.45) is -0.232. The largest absolute Gasteiger partial charge is 0.367 e. The number of anilines is 1. The van der Waals surface area contributed by atoms with Gasteiger partial charge in [0.05, 0.1) is 11.3 Å². The van der Waals surface area contributed by atoms with Crippen molar-refractivity contribution in [3.8, 4) is 0 Å². The molecule has 1 heterocycles. The van der Waals surface area contributed by atoms with E-state index in [-0.39, 0.29) is 6.42 Å². The molecule has 1 saturated heterocycles. The lowest BCUT2D eigenvalue weighted by molar-refractivity contribution is -0.386. The highest BCUT2D eigenvalue weighted by Gasteiger charge is 2.37. The highest BCUT2D eigenvalue weighted by molar-refractivity contribution is 6.06. The molecule has 1 aromatic carbocycles. The Hall–Kier alpha value is -2.58. The lowest BCUT2D eigenvalue weighted by Crippen LogP contribution is -2.32. The minimum atomic E-state index is -1.36. The van der Waals surface area contributed by atoms with Crippen molar-refractivity contribution in [2.45, 2.75) is 12.5 Å². The summed E-state index contributed by atoms with van der Waals surface area (Å²) in [7, 11) is 1.26. The Balaban J connectivity index is 2.37. The van der Waals surface area contributed by atoms with Gasteiger partial charge in [-0.1, -0.05) is 0 Å². The van der Waals surface area contributed by atoms with Crippen LogP contribution >= 0.6 is 0 Å². The second-order valence-electron chi connectivity index (χ2n) is 4.23. The molecule has 0 saturated carbocycles. The number of nitro groups is 1. The molecule has 1 aromatic rings. The van der Waals surface area contributed by atoms with E-state index in [4.69, 9.17) is 0 Å². The molecule has 9 heteroatoms. The number of nitro benzene ring substituents is 1. The quantitative estimate of drug-likeness (QED) is 0.509. The van der Waals surface area contributed by atoms with E-state index in [1.54, 1.807) is 0 Å². The van der Waals surface area contributed by atoms with Crippen molar-refractivity contribution in [3.05, 3.63) is 33.9 Å². The van der Waals surface area contributed by atoms with Gasteiger partial charge in [-0.05, 0) is 0 Å². The van der Waals surface area contributed by atoms with Gasteiger partial charge in [0.25, 0.3) is 5.91 Å². The maximum atomic E-state index is 13.4. The highest BCUT2D eigenvalue weighted by atomic mass is 19.1. The molecule has 1 atom stereocenters. The number of halogens is 2. The molecule has 7 nitrogen and oxygen atoms in total. The number of amides is 2. The molecular formula is C11H9F2N3O4. The minimum absolute atomic E-state index is 0.232. The number of nitrogens with zero attached hydrogens (tertiary/aromatic N) is 2. The Morgan fingerprint density at radius 3 is 2.55 bits per heavy atom. The summed E-state index contributed by atoms with van der Waals surface area (Å²) in [4.78, 5) is 33.6. The van der Waals surface area contributed by atoms with Crippen molar-refractivity contribution in [2.75, 3.05) is 12.4 Å². The number of nitrogens with one attached hydrogen (secondary N) is 1. The van der Waals surface area contributed by atoms with Crippen molar-refractivity contribution in [1.29, 1.82) is 0 Å². The van der Waals surface area contributed by atoms with Crippen molar-refractivity contribution >= 4 is 23.2 Å². The monoisotopic (exact) mass is 285 g/mol. The van der Waals surface area contributed by atoms with Crippen LogP contribution in [0, 0.1) is 21.7 Å². The Morgan fingerprint density at radius 1 is 1.40 bits per heavy atom. The summed E-state index contributed by atoms with van der Waals surface area (Å²) in [5.74, 6) is -3.48. The van der Waals surface area contributed by atoms with E-state index in [1.807, 2.05) is 0 Å². The fourth-order valence-electron chi connectivity index (χ4n) is 1.92. The molecule has 1 N–H and O–H groups in total. The summed E-state index contributed by atoms with van der Waals surface area (Å²) < 4.78 is 26.5. The number of carbonyl (C=O) groups is 2. The molecule has 2 amide bonds. The van der Waals surface area contributed by atoms with E-state index >= 15 is 0 Å². The predicted octanol–water partition coefficient (Wildman–Crippen LogP) is 1.04. The Labute approximate surface area is 111 Å². The van der Waals surface area contributed by atoms with Crippen LogP contribution in [0.25, 0.3) is 0 Å². The molecule has 0 aliphatic carbocycles. The average molecular weight is 285 g/mol. The van der Waals surface area contributed by atoms with E-state index in [0.717, 1.165) is 4.90 Å². The fraction of sp³-hybridized carbons (Fsp3) is 0.273. The molecule has 1 aliphatic rings. The van der Waals surface area contributed by atoms with Crippen LogP contribution in [0.4, 0.5) is 20.2 Å². The van der Waals surface area contributed by atoms with E-state index in [2.05, 4.69) is 5.32 Å². The molecule has 0 aromatic heterocycles. The van der Waals surface area contributed by atoms with Crippen LogP contribution in [-0.4, -0.2) is 34.7 Å². The van der Waals surface area contributed by atoms with Crippen LogP contribution in [0.1, 0.15) is 6.42 Å². The zero-order chi connectivity index (χ0) is 15.0. The third-order valence-corrected chi connectivity index (χ3v) is 2.92. The normalized spacial score (nSPS) is 18.6. The van der Waals surface area contributed by atoms with Gasteiger partial charge in [0.2, 0.25) is 11.7 Å². The van der Waals surface area contributed by atoms with E-state index in [0.29, 0.717) is 12.1 Å². The molecule has 106 valence electrons. The lowest BCUT2D eigenvalue weighted by Gasteiger charge is -2.12. The standard InChI is InChI=1S/C11H9F2N3O4/c1-15-9(17)4-8(11(15)18)14-7-3-5(12)2-6(13)10(7)16(19)20/h2-3,8,14H,4H2,1H3. The number of benzene rings is 1. The summed E-state index contributed by atoms with van der Waals surface area (Å²) in [5, 5.41) is 13.1. The summed E-state index contributed by atoms with van der Waals surface area (Å²) in [6, 6.07) is 0.00125. The number of imide groups is 1. The van der Waals surface area contributed by atoms with Crippen LogP contribution in [0.3, 0.4) is 0 Å². The third-order valence-electron chi connectivity index (χ3n) is 2.92. The predicted molar refractivity (Wildman–Crippen MR) is 62.8 cm³/mol. The molecule has 20 heavy (non-hydrogen) atoms. The van der Waals surface area contributed by atoms with E-state index < -0.39 is 45.8 Å². The van der Waals surface area contributed by atoms with Gasteiger partial charge in [-0.3, -0.25) is 24.6 Å². The van der Waals surface area contributed by atoms with Crippen LogP contribution in [-0.2, 0) is 9.59 Å². The first-order chi connectivity index (χ1) is 9.31. The van der Waals surface area contributed by atoms with Gasteiger partial charge in [-0.15, -0.1) is 0 Å². The first-order valence-corrected chi connectivity index (χ1v) is 5.51. The Bertz CT molecular complexity index is 620. The van der Waals surface area contributed by atoms with Crippen LogP contribution in [0.5, 0.6) is 0 Å². The maximum absolute atomic E-state index is 13.4. The van der Waals surface area contributed by atoms with Crippen molar-refractivity contribution in [1.82, 2.24) is 4.90 Å². The summed E-state index contributed by atoms with van der Waals surface area (Å²) >= 11 is 0. The van der Waals surface area contributed by atoms with E-state index in [9.17, 15) is 28.5 Å². The number of likely N-dealkylation sites (tertiary alicyclic amines) is 1. The van der Waals surface area contributed by atoms with Crippen LogP contribution < -0.4 is 5.32 Å². The smallest absolute Gasteiger partial charge is 0.327 e. The van der Waals surface area contributed by atoms with Gasteiger partial charge in [-0.25, -0.2) is 4.39 Å². The zero-order valence-electron chi connectivity index (χ0n) is 10.2.